The number of sulfonamides is 1. The second-order valence-electron chi connectivity index (χ2n) is 6.67. The predicted molar refractivity (Wildman–Crippen MR) is 110 cm³/mol. The Bertz CT molecular complexity index is 980. The van der Waals surface area contributed by atoms with E-state index in [4.69, 9.17) is 11.6 Å². The van der Waals surface area contributed by atoms with Crippen LogP contribution in [0.2, 0.25) is 5.02 Å². The van der Waals surface area contributed by atoms with Gasteiger partial charge in [0, 0.05) is 32.4 Å². The van der Waals surface area contributed by atoms with Gasteiger partial charge >= 0.3 is 0 Å². The minimum Gasteiger partial charge on any atom is -0.367 e. The molecule has 3 heterocycles. The molecule has 0 radical (unpaired) electrons. The highest BCUT2D eigenvalue weighted by Crippen LogP contribution is 2.24. The van der Waals surface area contributed by atoms with Crippen molar-refractivity contribution in [2.45, 2.75) is 25.4 Å². The maximum Gasteiger partial charge on any atom is 0.241 e. The first-order chi connectivity index (χ1) is 13.8. The highest BCUT2D eigenvalue weighted by Gasteiger charge is 2.31. The second kappa shape index (κ2) is 8.93. The highest BCUT2D eigenvalue weighted by atomic mass is 35.5. The van der Waals surface area contributed by atoms with Crippen LogP contribution in [0, 0.1) is 0 Å². The Morgan fingerprint density at radius 2 is 2.17 bits per heavy atom. The van der Waals surface area contributed by atoms with Crippen LogP contribution in [0.25, 0.3) is 0 Å². The molecule has 0 unspecified atom stereocenters. The summed E-state index contributed by atoms with van der Waals surface area (Å²) in [6, 6.07) is -0.143. The number of likely N-dealkylation sites (N-methyl/N-ethyl adjacent to an activating group) is 1. The molecule has 158 valence electrons. The summed E-state index contributed by atoms with van der Waals surface area (Å²) in [4.78, 5) is 19.9. The van der Waals surface area contributed by atoms with Gasteiger partial charge in [-0.1, -0.05) is 11.6 Å². The molecule has 1 amide bonds. The Kier molecular flexibility index (Phi) is 6.55. The van der Waals surface area contributed by atoms with Crippen LogP contribution in [0.15, 0.2) is 18.6 Å². The molecule has 0 bridgehead atoms. The average Bonchev–Trinajstić information content (AvgIpc) is 3.31. The van der Waals surface area contributed by atoms with Gasteiger partial charge in [0.15, 0.2) is 5.82 Å². The fourth-order valence-electron chi connectivity index (χ4n) is 3.09. The van der Waals surface area contributed by atoms with Crippen LogP contribution in [0.5, 0.6) is 0 Å². The Hall–Kier alpha value is -2.44. The standard InChI is InChI=1S/C16H23ClN8O3S/c1-18-14(26)10-24-9-11(6-21-24)22-16-20-8-13(17)15(23-16)19-7-12-4-3-5-25(12)29(2,27)28/h6,8-9,12H,3-5,7,10H2,1-2H3,(H,18,26)(H2,19,20,22,23)/t12-/m1/s1. The molecule has 0 aliphatic carbocycles. The van der Waals surface area contributed by atoms with Crippen molar-refractivity contribution < 1.29 is 13.2 Å². The quantitative estimate of drug-likeness (QED) is 0.542. The molecule has 1 saturated heterocycles. The first kappa shape index (κ1) is 21.3. The van der Waals surface area contributed by atoms with Gasteiger partial charge in [-0.15, -0.1) is 0 Å². The fourth-order valence-corrected chi connectivity index (χ4v) is 4.43. The first-order valence-electron chi connectivity index (χ1n) is 8.99. The number of hydrogen-bond donors (Lipinski definition) is 3. The molecular weight excluding hydrogens is 420 g/mol. The molecule has 0 aromatic carbocycles. The molecule has 0 saturated carbocycles. The van der Waals surface area contributed by atoms with E-state index in [0.29, 0.717) is 35.6 Å². The molecule has 0 spiro atoms. The normalized spacial score (nSPS) is 17.3. The summed E-state index contributed by atoms with van der Waals surface area (Å²) in [5, 5.41) is 13.1. The van der Waals surface area contributed by atoms with Gasteiger partial charge in [-0.05, 0) is 12.8 Å². The Labute approximate surface area is 173 Å². The van der Waals surface area contributed by atoms with Crippen molar-refractivity contribution in [2.24, 2.45) is 0 Å². The van der Waals surface area contributed by atoms with Gasteiger partial charge in [0.25, 0.3) is 0 Å². The topological polar surface area (TPSA) is 134 Å². The number of rotatable bonds is 8. The molecule has 3 N–H and O–H groups in total. The molecule has 2 aromatic rings. The fraction of sp³-hybridized carbons (Fsp3) is 0.500. The van der Waals surface area contributed by atoms with E-state index < -0.39 is 10.0 Å². The van der Waals surface area contributed by atoms with Crippen molar-refractivity contribution in [3.05, 3.63) is 23.6 Å². The van der Waals surface area contributed by atoms with Gasteiger partial charge in [-0.3, -0.25) is 9.48 Å². The lowest BCUT2D eigenvalue weighted by Gasteiger charge is -2.22. The van der Waals surface area contributed by atoms with Gasteiger partial charge in [0.05, 0.1) is 24.3 Å². The number of amides is 1. The molecule has 1 aliphatic heterocycles. The van der Waals surface area contributed by atoms with Gasteiger partial charge in [-0.2, -0.15) is 14.4 Å². The lowest BCUT2D eigenvalue weighted by atomic mass is 10.2. The van der Waals surface area contributed by atoms with Crippen LogP contribution in [-0.4, -0.2) is 70.8 Å². The SMILES string of the molecule is CNC(=O)Cn1cc(Nc2ncc(Cl)c(NC[C@H]3CCCN3S(C)(=O)=O)n2)cn1. The minimum absolute atomic E-state index is 0.102. The Morgan fingerprint density at radius 1 is 1.38 bits per heavy atom. The van der Waals surface area contributed by atoms with Gasteiger partial charge in [0.2, 0.25) is 21.9 Å². The van der Waals surface area contributed by atoms with E-state index in [1.807, 2.05) is 0 Å². The average molecular weight is 443 g/mol. The van der Waals surface area contributed by atoms with Crippen LogP contribution in [0.4, 0.5) is 17.5 Å². The van der Waals surface area contributed by atoms with E-state index in [2.05, 4.69) is 31.0 Å². The van der Waals surface area contributed by atoms with Crippen molar-refractivity contribution in [3.63, 3.8) is 0 Å². The number of carbonyl (C=O) groups is 1. The third kappa shape index (κ3) is 5.55. The zero-order chi connectivity index (χ0) is 21.0. The molecule has 1 aliphatic rings. The monoisotopic (exact) mass is 442 g/mol. The van der Waals surface area contributed by atoms with E-state index in [-0.39, 0.29) is 18.5 Å². The van der Waals surface area contributed by atoms with Crippen LogP contribution in [0.3, 0.4) is 0 Å². The summed E-state index contributed by atoms with van der Waals surface area (Å²) in [5.74, 6) is 0.536. The lowest BCUT2D eigenvalue weighted by molar-refractivity contribution is -0.121. The molecule has 3 rings (SSSR count). The number of hydrogen-bond acceptors (Lipinski definition) is 8. The van der Waals surface area contributed by atoms with Gasteiger partial charge in [-0.25, -0.2) is 13.4 Å². The lowest BCUT2D eigenvalue weighted by Crippen LogP contribution is -2.38. The van der Waals surface area contributed by atoms with Crippen LogP contribution >= 0.6 is 11.6 Å². The van der Waals surface area contributed by atoms with E-state index in [9.17, 15) is 13.2 Å². The van der Waals surface area contributed by atoms with Crippen molar-refractivity contribution in [2.75, 3.05) is 37.0 Å². The zero-order valence-corrected chi connectivity index (χ0v) is 17.7. The molecule has 29 heavy (non-hydrogen) atoms. The van der Waals surface area contributed by atoms with Crippen LogP contribution in [0.1, 0.15) is 12.8 Å². The summed E-state index contributed by atoms with van der Waals surface area (Å²) < 4.78 is 26.7. The molecule has 11 nitrogen and oxygen atoms in total. The maximum atomic E-state index is 11.9. The Balaban J connectivity index is 1.65. The minimum atomic E-state index is -3.25. The van der Waals surface area contributed by atoms with E-state index >= 15 is 0 Å². The first-order valence-corrected chi connectivity index (χ1v) is 11.2. The number of nitrogens with one attached hydrogen (secondary N) is 3. The maximum absolute atomic E-state index is 11.9. The second-order valence-corrected chi connectivity index (χ2v) is 9.01. The van der Waals surface area contributed by atoms with E-state index in [0.717, 1.165) is 12.8 Å². The summed E-state index contributed by atoms with van der Waals surface area (Å²) in [7, 11) is -1.69. The molecular formula is C16H23ClN8O3S. The van der Waals surface area contributed by atoms with Crippen molar-refractivity contribution in [1.82, 2.24) is 29.4 Å². The number of nitrogens with zero attached hydrogens (tertiary/aromatic N) is 5. The largest absolute Gasteiger partial charge is 0.367 e. The number of anilines is 3. The van der Waals surface area contributed by atoms with Gasteiger partial charge in [0.1, 0.15) is 11.6 Å². The van der Waals surface area contributed by atoms with Crippen molar-refractivity contribution >= 4 is 45.0 Å². The summed E-state index contributed by atoms with van der Waals surface area (Å²) >= 11 is 6.18. The molecule has 13 heteroatoms. The van der Waals surface area contributed by atoms with Crippen molar-refractivity contribution in [1.29, 1.82) is 0 Å². The smallest absolute Gasteiger partial charge is 0.241 e. The van der Waals surface area contributed by atoms with E-state index in [1.54, 1.807) is 19.4 Å². The van der Waals surface area contributed by atoms with Crippen LogP contribution in [-0.2, 0) is 21.4 Å². The summed E-state index contributed by atoms with van der Waals surface area (Å²) in [6.07, 6.45) is 7.48. The molecule has 1 atom stereocenters. The third-order valence-electron chi connectivity index (χ3n) is 4.47. The summed E-state index contributed by atoms with van der Waals surface area (Å²) in [5.41, 5.74) is 0.612. The number of aromatic nitrogens is 4. The number of carbonyl (C=O) groups excluding carboxylic acids is 1. The van der Waals surface area contributed by atoms with Gasteiger partial charge < -0.3 is 16.0 Å². The number of halogens is 1. The van der Waals surface area contributed by atoms with Crippen molar-refractivity contribution in [3.8, 4) is 0 Å². The summed E-state index contributed by atoms with van der Waals surface area (Å²) in [6.45, 7) is 1.02. The molecule has 2 aromatic heterocycles. The Morgan fingerprint density at radius 3 is 2.90 bits per heavy atom. The third-order valence-corrected chi connectivity index (χ3v) is 6.08. The van der Waals surface area contributed by atoms with Crippen LogP contribution < -0.4 is 16.0 Å². The van der Waals surface area contributed by atoms with E-state index in [1.165, 1.54) is 21.4 Å². The highest BCUT2D eigenvalue weighted by molar-refractivity contribution is 7.88. The predicted octanol–water partition coefficient (Wildman–Crippen LogP) is 0.652. The zero-order valence-electron chi connectivity index (χ0n) is 16.1. The molecule has 1 fully saturated rings.